The zero-order valence-corrected chi connectivity index (χ0v) is 16.6. The second-order valence-electron chi connectivity index (χ2n) is 7.86. The Hall–Kier alpha value is -2.08. The van der Waals surface area contributed by atoms with E-state index in [2.05, 4.69) is 51.8 Å². The number of imidazole rings is 1. The van der Waals surface area contributed by atoms with Gasteiger partial charge in [0.2, 0.25) is 0 Å². The minimum absolute atomic E-state index is 0.364. The molecule has 1 unspecified atom stereocenters. The standard InChI is InChI=1S/C21H31N5O/c1-3-22-20(25-13-9-21(15-25)10-14-27-16-21)23-11-6-12-26-17(2)24-18-7-4-5-8-19(18)26/h4-5,7-8H,3,6,9-16H2,1-2H3,(H,22,23). The van der Waals surface area contributed by atoms with Crippen LogP contribution in [0.4, 0.5) is 0 Å². The summed E-state index contributed by atoms with van der Waals surface area (Å²) in [4.78, 5) is 12.0. The number of aromatic nitrogens is 2. The Balaban J connectivity index is 1.37. The number of para-hydroxylation sites is 2. The average Bonchev–Trinajstić information content (AvgIpc) is 3.38. The third-order valence-electron chi connectivity index (χ3n) is 5.90. The molecule has 2 aliphatic rings. The van der Waals surface area contributed by atoms with Crippen molar-refractivity contribution in [1.82, 2.24) is 19.8 Å². The van der Waals surface area contributed by atoms with E-state index in [9.17, 15) is 0 Å². The molecule has 1 N–H and O–H groups in total. The Bertz CT molecular complexity index is 806. The van der Waals surface area contributed by atoms with Crippen LogP contribution in [0.3, 0.4) is 0 Å². The van der Waals surface area contributed by atoms with Crippen molar-refractivity contribution in [1.29, 1.82) is 0 Å². The number of hydrogen-bond acceptors (Lipinski definition) is 3. The molecule has 0 amide bonds. The first-order valence-electron chi connectivity index (χ1n) is 10.2. The normalized spacial score (nSPS) is 23.0. The van der Waals surface area contributed by atoms with Crippen molar-refractivity contribution >= 4 is 17.0 Å². The molecule has 2 fully saturated rings. The molecule has 1 atom stereocenters. The summed E-state index contributed by atoms with van der Waals surface area (Å²) in [5, 5.41) is 3.48. The van der Waals surface area contributed by atoms with Crippen molar-refractivity contribution in [2.24, 2.45) is 10.4 Å². The molecule has 0 bridgehead atoms. The topological polar surface area (TPSA) is 54.7 Å². The number of ether oxygens (including phenoxy) is 1. The highest BCUT2D eigenvalue weighted by Gasteiger charge is 2.42. The molecule has 1 aromatic carbocycles. The van der Waals surface area contributed by atoms with Crippen molar-refractivity contribution in [3.05, 3.63) is 30.1 Å². The van der Waals surface area contributed by atoms with Crippen molar-refractivity contribution in [3.8, 4) is 0 Å². The Morgan fingerprint density at radius 1 is 1.33 bits per heavy atom. The molecule has 1 spiro atoms. The number of guanidine groups is 1. The third kappa shape index (κ3) is 3.81. The van der Waals surface area contributed by atoms with Crippen LogP contribution in [-0.2, 0) is 11.3 Å². The van der Waals surface area contributed by atoms with E-state index >= 15 is 0 Å². The van der Waals surface area contributed by atoms with Crippen molar-refractivity contribution in [2.45, 2.75) is 39.7 Å². The number of benzene rings is 1. The first-order valence-corrected chi connectivity index (χ1v) is 10.2. The molecule has 146 valence electrons. The lowest BCUT2D eigenvalue weighted by molar-refractivity contribution is 0.156. The molecule has 2 aliphatic heterocycles. The second kappa shape index (κ2) is 7.89. The van der Waals surface area contributed by atoms with Crippen molar-refractivity contribution in [3.63, 3.8) is 0 Å². The van der Waals surface area contributed by atoms with Gasteiger partial charge in [0.25, 0.3) is 0 Å². The summed E-state index contributed by atoms with van der Waals surface area (Å²) < 4.78 is 7.96. The summed E-state index contributed by atoms with van der Waals surface area (Å²) in [5.41, 5.74) is 2.66. The van der Waals surface area contributed by atoms with Gasteiger partial charge < -0.3 is 19.5 Å². The van der Waals surface area contributed by atoms with Gasteiger partial charge in [0, 0.05) is 44.7 Å². The first-order chi connectivity index (χ1) is 13.2. The van der Waals surface area contributed by atoms with E-state index in [1.165, 1.54) is 18.4 Å². The summed E-state index contributed by atoms with van der Waals surface area (Å²) >= 11 is 0. The predicted octanol–water partition coefficient (Wildman–Crippen LogP) is 2.81. The first kappa shape index (κ1) is 18.3. The van der Waals surface area contributed by atoms with Gasteiger partial charge >= 0.3 is 0 Å². The van der Waals surface area contributed by atoms with Crippen molar-refractivity contribution < 1.29 is 4.74 Å². The number of rotatable bonds is 5. The van der Waals surface area contributed by atoms with Crippen LogP contribution < -0.4 is 5.32 Å². The minimum Gasteiger partial charge on any atom is -0.381 e. The molecule has 1 aromatic heterocycles. The predicted molar refractivity (Wildman–Crippen MR) is 109 cm³/mol. The second-order valence-corrected chi connectivity index (χ2v) is 7.86. The van der Waals surface area contributed by atoms with Gasteiger partial charge in [-0.25, -0.2) is 4.98 Å². The van der Waals surface area contributed by atoms with E-state index in [-0.39, 0.29) is 0 Å². The molecule has 27 heavy (non-hydrogen) atoms. The van der Waals surface area contributed by atoms with Gasteiger partial charge in [-0.15, -0.1) is 0 Å². The highest BCUT2D eigenvalue weighted by Crippen LogP contribution is 2.38. The summed E-state index contributed by atoms with van der Waals surface area (Å²) in [6, 6.07) is 8.36. The fourth-order valence-corrected chi connectivity index (χ4v) is 4.41. The fourth-order valence-electron chi connectivity index (χ4n) is 4.41. The molecule has 2 saturated heterocycles. The van der Waals surface area contributed by atoms with Crippen LogP contribution in [0.5, 0.6) is 0 Å². The number of aliphatic imine (C=N–C) groups is 1. The maximum Gasteiger partial charge on any atom is 0.193 e. The Labute approximate surface area is 161 Å². The molecule has 0 aliphatic carbocycles. The highest BCUT2D eigenvalue weighted by molar-refractivity contribution is 5.80. The quantitative estimate of drug-likeness (QED) is 0.500. The Kier molecular flexibility index (Phi) is 5.34. The summed E-state index contributed by atoms with van der Waals surface area (Å²) in [5.74, 6) is 2.14. The van der Waals surface area contributed by atoms with Gasteiger partial charge in [0.1, 0.15) is 5.82 Å². The van der Waals surface area contributed by atoms with Crippen LogP contribution in [0, 0.1) is 12.3 Å². The third-order valence-corrected chi connectivity index (χ3v) is 5.90. The smallest absolute Gasteiger partial charge is 0.193 e. The van der Waals surface area contributed by atoms with Crippen LogP contribution >= 0.6 is 0 Å². The molecule has 4 rings (SSSR count). The Morgan fingerprint density at radius 2 is 2.22 bits per heavy atom. The van der Waals surface area contributed by atoms with E-state index in [1.807, 2.05) is 6.07 Å². The summed E-state index contributed by atoms with van der Waals surface area (Å²) in [6.07, 6.45) is 3.42. The van der Waals surface area contributed by atoms with E-state index in [4.69, 9.17) is 9.73 Å². The molecule has 6 heteroatoms. The summed E-state index contributed by atoms with van der Waals surface area (Å²) in [7, 11) is 0. The number of fused-ring (bicyclic) bond motifs is 1. The average molecular weight is 370 g/mol. The van der Waals surface area contributed by atoms with E-state index in [0.29, 0.717) is 5.41 Å². The van der Waals surface area contributed by atoms with Gasteiger partial charge in [-0.3, -0.25) is 4.99 Å². The van der Waals surface area contributed by atoms with Crippen molar-refractivity contribution in [2.75, 3.05) is 39.4 Å². The fraction of sp³-hybridized carbons (Fsp3) is 0.619. The van der Waals surface area contributed by atoms with Gasteiger partial charge in [0.15, 0.2) is 5.96 Å². The van der Waals surface area contributed by atoms with Crippen LogP contribution in [0.25, 0.3) is 11.0 Å². The van der Waals surface area contributed by atoms with Gasteiger partial charge in [-0.05, 0) is 45.2 Å². The monoisotopic (exact) mass is 369 g/mol. The van der Waals surface area contributed by atoms with Gasteiger partial charge in [0.05, 0.1) is 17.6 Å². The highest BCUT2D eigenvalue weighted by atomic mass is 16.5. The maximum atomic E-state index is 5.66. The van der Waals surface area contributed by atoms with Crippen LogP contribution in [0.15, 0.2) is 29.3 Å². The molecule has 6 nitrogen and oxygen atoms in total. The van der Waals surface area contributed by atoms with E-state index in [1.54, 1.807) is 0 Å². The van der Waals surface area contributed by atoms with Crippen LogP contribution in [0.1, 0.15) is 32.0 Å². The van der Waals surface area contributed by atoms with E-state index in [0.717, 1.165) is 69.7 Å². The van der Waals surface area contributed by atoms with Gasteiger partial charge in [-0.1, -0.05) is 12.1 Å². The number of aryl methyl sites for hydroxylation is 2. The number of hydrogen-bond donors (Lipinski definition) is 1. The lowest BCUT2D eigenvalue weighted by Crippen LogP contribution is -2.41. The molecule has 0 radical (unpaired) electrons. The van der Waals surface area contributed by atoms with Crippen LogP contribution in [-0.4, -0.2) is 59.8 Å². The van der Waals surface area contributed by atoms with Crippen LogP contribution in [0.2, 0.25) is 0 Å². The number of nitrogens with one attached hydrogen (secondary N) is 1. The SMILES string of the molecule is CCNC(=NCCCn1c(C)nc2ccccc21)N1CCC2(CCOC2)C1. The largest absolute Gasteiger partial charge is 0.381 e. The maximum absolute atomic E-state index is 5.66. The molecular formula is C21H31N5O. The van der Waals surface area contributed by atoms with Gasteiger partial charge in [-0.2, -0.15) is 0 Å². The Morgan fingerprint density at radius 3 is 3.04 bits per heavy atom. The zero-order valence-electron chi connectivity index (χ0n) is 16.6. The molecule has 3 heterocycles. The lowest BCUT2D eigenvalue weighted by Gasteiger charge is -2.25. The molecular weight excluding hydrogens is 338 g/mol. The zero-order chi connectivity index (χ0) is 18.7. The lowest BCUT2D eigenvalue weighted by atomic mass is 9.87. The summed E-state index contributed by atoms with van der Waals surface area (Å²) in [6.45, 7) is 10.9. The molecule has 0 saturated carbocycles. The number of nitrogens with zero attached hydrogens (tertiary/aromatic N) is 4. The van der Waals surface area contributed by atoms with E-state index < -0.39 is 0 Å². The minimum atomic E-state index is 0.364. The molecule has 2 aromatic rings. The number of likely N-dealkylation sites (tertiary alicyclic amines) is 1.